The van der Waals surface area contributed by atoms with Crippen LogP contribution in [0.25, 0.3) is 10.9 Å². The van der Waals surface area contributed by atoms with E-state index in [0.29, 0.717) is 12.0 Å². The number of pyridine rings is 2. The number of fused-ring (bicyclic) bond motifs is 1. The molecule has 2 N–H and O–H groups in total. The molecule has 128 valence electrons. The van der Waals surface area contributed by atoms with Gasteiger partial charge in [-0.25, -0.2) is 0 Å². The van der Waals surface area contributed by atoms with Crippen LogP contribution in [0.5, 0.6) is 0 Å². The number of aromatic nitrogens is 2. The van der Waals surface area contributed by atoms with E-state index < -0.39 is 0 Å². The maximum Gasteiger partial charge on any atom is 0.253 e. The van der Waals surface area contributed by atoms with Crippen molar-refractivity contribution in [3.05, 3.63) is 75.8 Å². The topological polar surface area (TPSA) is 74.8 Å². The molecule has 2 aromatic heterocycles. The molecule has 0 saturated carbocycles. The van der Waals surface area contributed by atoms with E-state index in [0.717, 1.165) is 34.9 Å². The van der Waals surface area contributed by atoms with E-state index >= 15 is 0 Å². The highest BCUT2D eigenvalue weighted by Crippen LogP contribution is 2.13. The van der Waals surface area contributed by atoms with E-state index in [1.165, 1.54) is 0 Å². The quantitative estimate of drug-likeness (QED) is 0.727. The van der Waals surface area contributed by atoms with Gasteiger partial charge in [0.15, 0.2) is 0 Å². The number of nitrogens with zero attached hydrogens (tertiary/aromatic N) is 1. The van der Waals surface area contributed by atoms with Gasteiger partial charge in [0.2, 0.25) is 5.91 Å². The minimum Gasteiger partial charge on any atom is -0.352 e. The van der Waals surface area contributed by atoms with Gasteiger partial charge in [-0.1, -0.05) is 17.7 Å². The molecule has 2 heterocycles. The highest BCUT2D eigenvalue weighted by Gasteiger charge is 2.06. The number of nitrogens with one attached hydrogen (secondary N) is 2. The number of aryl methyl sites for hydroxylation is 2. The van der Waals surface area contributed by atoms with Gasteiger partial charge >= 0.3 is 0 Å². The van der Waals surface area contributed by atoms with Crippen molar-refractivity contribution in [2.45, 2.75) is 32.7 Å². The fourth-order valence-electron chi connectivity index (χ4n) is 2.78. The Bertz CT molecular complexity index is 933. The summed E-state index contributed by atoms with van der Waals surface area (Å²) >= 11 is 0. The Morgan fingerprint density at radius 1 is 1.24 bits per heavy atom. The number of benzene rings is 1. The predicted molar refractivity (Wildman–Crippen MR) is 98.3 cm³/mol. The van der Waals surface area contributed by atoms with E-state index in [4.69, 9.17) is 0 Å². The van der Waals surface area contributed by atoms with Crippen LogP contribution in [-0.4, -0.2) is 15.9 Å². The maximum absolute atomic E-state index is 12.1. The van der Waals surface area contributed by atoms with Crippen molar-refractivity contribution in [1.29, 1.82) is 0 Å². The Balaban J connectivity index is 1.55. The molecule has 0 atom stereocenters. The Labute approximate surface area is 146 Å². The van der Waals surface area contributed by atoms with Gasteiger partial charge in [0.25, 0.3) is 5.56 Å². The molecule has 5 nitrogen and oxygen atoms in total. The van der Waals surface area contributed by atoms with Crippen LogP contribution >= 0.6 is 0 Å². The zero-order valence-electron chi connectivity index (χ0n) is 14.2. The van der Waals surface area contributed by atoms with Crippen molar-refractivity contribution < 1.29 is 4.79 Å². The average molecular weight is 335 g/mol. The molecule has 1 aromatic carbocycles. The Morgan fingerprint density at radius 3 is 2.92 bits per heavy atom. The van der Waals surface area contributed by atoms with Crippen molar-refractivity contribution in [1.82, 2.24) is 15.3 Å². The zero-order valence-corrected chi connectivity index (χ0v) is 14.2. The monoisotopic (exact) mass is 335 g/mol. The second-order valence-corrected chi connectivity index (χ2v) is 6.21. The standard InChI is InChI=1S/C20H21N3O2/c1-14-7-8-18-16(10-14)11-17(20(25)23-18)13-22-19(24)6-2-4-15-5-3-9-21-12-15/h3,5,7-12H,2,4,6,13H2,1H3,(H,22,24)(H,23,25). The van der Waals surface area contributed by atoms with Crippen molar-refractivity contribution in [2.75, 3.05) is 0 Å². The number of hydrogen-bond donors (Lipinski definition) is 2. The van der Waals surface area contributed by atoms with E-state index in [1.807, 2.05) is 49.5 Å². The first-order valence-electron chi connectivity index (χ1n) is 8.40. The zero-order chi connectivity index (χ0) is 17.6. The summed E-state index contributed by atoms with van der Waals surface area (Å²) in [6.45, 7) is 2.25. The largest absolute Gasteiger partial charge is 0.352 e. The number of amides is 1. The molecular weight excluding hydrogens is 314 g/mol. The molecule has 25 heavy (non-hydrogen) atoms. The molecule has 0 aliphatic carbocycles. The third-order valence-corrected chi connectivity index (χ3v) is 4.14. The fraction of sp³-hybridized carbons (Fsp3) is 0.250. The molecular formula is C20H21N3O2. The van der Waals surface area contributed by atoms with Crippen LogP contribution in [0.15, 0.2) is 53.6 Å². The van der Waals surface area contributed by atoms with Crippen molar-refractivity contribution in [3.8, 4) is 0 Å². The minimum absolute atomic E-state index is 0.0485. The summed E-state index contributed by atoms with van der Waals surface area (Å²) in [6, 6.07) is 11.6. The Hall–Kier alpha value is -2.95. The van der Waals surface area contributed by atoms with Crippen LogP contribution in [0.3, 0.4) is 0 Å². The number of carbonyl (C=O) groups excluding carboxylic acids is 1. The summed E-state index contributed by atoms with van der Waals surface area (Å²) in [7, 11) is 0. The van der Waals surface area contributed by atoms with Gasteiger partial charge in [-0.2, -0.15) is 0 Å². The summed E-state index contributed by atoms with van der Waals surface area (Å²) in [4.78, 5) is 31.0. The second-order valence-electron chi connectivity index (χ2n) is 6.21. The molecule has 3 rings (SSSR count). The lowest BCUT2D eigenvalue weighted by Gasteiger charge is -2.07. The molecule has 0 spiro atoms. The highest BCUT2D eigenvalue weighted by molar-refractivity contribution is 5.80. The van der Waals surface area contributed by atoms with Crippen LogP contribution in [0.1, 0.15) is 29.5 Å². The molecule has 0 saturated heterocycles. The van der Waals surface area contributed by atoms with Gasteiger partial charge < -0.3 is 10.3 Å². The lowest BCUT2D eigenvalue weighted by atomic mass is 10.1. The second kappa shape index (κ2) is 7.75. The van der Waals surface area contributed by atoms with Crippen molar-refractivity contribution >= 4 is 16.8 Å². The normalized spacial score (nSPS) is 10.8. The summed E-state index contributed by atoms with van der Waals surface area (Å²) < 4.78 is 0. The maximum atomic E-state index is 12.1. The van der Waals surface area contributed by atoms with Crippen LogP contribution in [-0.2, 0) is 17.8 Å². The van der Waals surface area contributed by atoms with Crippen LogP contribution in [0.4, 0.5) is 0 Å². The van der Waals surface area contributed by atoms with E-state index in [2.05, 4.69) is 15.3 Å². The number of H-pyrrole nitrogens is 1. The van der Waals surface area contributed by atoms with Crippen LogP contribution in [0.2, 0.25) is 0 Å². The molecule has 0 unspecified atom stereocenters. The molecule has 0 radical (unpaired) electrons. The number of carbonyl (C=O) groups is 1. The fourth-order valence-corrected chi connectivity index (χ4v) is 2.78. The van der Waals surface area contributed by atoms with E-state index in [9.17, 15) is 9.59 Å². The first-order valence-corrected chi connectivity index (χ1v) is 8.40. The van der Waals surface area contributed by atoms with Crippen molar-refractivity contribution in [3.63, 3.8) is 0 Å². The predicted octanol–water partition coefficient (Wildman–Crippen LogP) is 2.87. The van der Waals surface area contributed by atoms with Gasteiger partial charge in [0, 0.05) is 36.4 Å². The van der Waals surface area contributed by atoms with Gasteiger partial charge in [-0.05, 0) is 55.0 Å². The summed E-state index contributed by atoms with van der Waals surface area (Å²) in [5, 5.41) is 3.80. The highest BCUT2D eigenvalue weighted by atomic mass is 16.1. The van der Waals surface area contributed by atoms with Gasteiger partial charge in [0.05, 0.1) is 0 Å². The molecule has 0 bridgehead atoms. The summed E-state index contributed by atoms with van der Waals surface area (Å²) in [5.74, 6) is -0.0485. The summed E-state index contributed by atoms with van der Waals surface area (Å²) in [5.41, 5.74) is 3.47. The number of aromatic amines is 1. The smallest absolute Gasteiger partial charge is 0.253 e. The molecule has 5 heteroatoms. The average Bonchev–Trinajstić information content (AvgIpc) is 2.61. The van der Waals surface area contributed by atoms with E-state index in [-0.39, 0.29) is 18.0 Å². The van der Waals surface area contributed by atoms with Gasteiger partial charge in [0.1, 0.15) is 0 Å². The van der Waals surface area contributed by atoms with Crippen LogP contribution in [0, 0.1) is 6.92 Å². The minimum atomic E-state index is -0.160. The van der Waals surface area contributed by atoms with Gasteiger partial charge in [-0.15, -0.1) is 0 Å². The Morgan fingerprint density at radius 2 is 2.12 bits per heavy atom. The van der Waals surface area contributed by atoms with Crippen molar-refractivity contribution in [2.24, 2.45) is 0 Å². The molecule has 0 fully saturated rings. The first kappa shape index (κ1) is 16.9. The number of rotatable bonds is 6. The lowest BCUT2D eigenvalue weighted by Crippen LogP contribution is -2.26. The molecule has 1 amide bonds. The summed E-state index contributed by atoms with van der Waals surface area (Å²) in [6.07, 6.45) is 5.55. The SMILES string of the molecule is Cc1ccc2[nH]c(=O)c(CNC(=O)CCCc3cccnc3)cc2c1. The lowest BCUT2D eigenvalue weighted by molar-refractivity contribution is -0.121. The van der Waals surface area contributed by atoms with Crippen LogP contribution < -0.4 is 10.9 Å². The molecule has 0 aliphatic heterocycles. The van der Waals surface area contributed by atoms with E-state index in [1.54, 1.807) is 6.20 Å². The first-order chi connectivity index (χ1) is 12.1. The third-order valence-electron chi connectivity index (χ3n) is 4.14. The molecule has 0 aliphatic rings. The number of hydrogen-bond acceptors (Lipinski definition) is 3. The molecule has 3 aromatic rings. The van der Waals surface area contributed by atoms with Gasteiger partial charge in [-0.3, -0.25) is 14.6 Å². The third kappa shape index (κ3) is 4.53. The Kier molecular flexibility index (Phi) is 5.23.